The van der Waals surface area contributed by atoms with Crippen LogP contribution >= 0.6 is 15.9 Å². The molecular formula is C16H15BrN2O3. The highest BCUT2D eigenvalue weighted by atomic mass is 79.9. The summed E-state index contributed by atoms with van der Waals surface area (Å²) >= 11 is 3.33. The van der Waals surface area contributed by atoms with Gasteiger partial charge in [-0.1, -0.05) is 28.1 Å². The Morgan fingerprint density at radius 3 is 2.64 bits per heavy atom. The molecule has 114 valence electrons. The number of hydrogen-bond donors (Lipinski definition) is 2. The molecule has 5 nitrogen and oxygen atoms in total. The molecule has 2 aromatic carbocycles. The van der Waals surface area contributed by atoms with Gasteiger partial charge in [-0.2, -0.15) is 5.10 Å². The maximum Gasteiger partial charge on any atom is 0.280 e. The highest BCUT2D eigenvalue weighted by Gasteiger charge is 2.13. The third kappa shape index (κ3) is 4.60. The van der Waals surface area contributed by atoms with Crippen molar-refractivity contribution >= 4 is 28.1 Å². The number of ether oxygens (including phenoxy) is 1. The van der Waals surface area contributed by atoms with Crippen LogP contribution in [0.2, 0.25) is 0 Å². The average molecular weight is 363 g/mol. The maximum atomic E-state index is 11.9. The van der Waals surface area contributed by atoms with E-state index in [1.807, 2.05) is 12.1 Å². The highest BCUT2D eigenvalue weighted by Crippen LogP contribution is 2.17. The van der Waals surface area contributed by atoms with Gasteiger partial charge in [0.1, 0.15) is 11.5 Å². The molecule has 0 bridgehead atoms. The predicted molar refractivity (Wildman–Crippen MR) is 88.1 cm³/mol. The van der Waals surface area contributed by atoms with Gasteiger partial charge in [0, 0.05) is 10.0 Å². The van der Waals surface area contributed by atoms with Crippen molar-refractivity contribution in [2.24, 2.45) is 5.10 Å². The van der Waals surface area contributed by atoms with Crippen molar-refractivity contribution in [3.05, 3.63) is 58.6 Å². The summed E-state index contributed by atoms with van der Waals surface area (Å²) in [6, 6.07) is 13.9. The SMILES string of the molecule is C[C@@H](Oc1ccc(Br)cc1)C(=O)N/N=C/c1ccccc1O. The molecule has 0 spiro atoms. The average Bonchev–Trinajstić information content (AvgIpc) is 2.51. The topological polar surface area (TPSA) is 70.9 Å². The molecule has 0 saturated heterocycles. The molecule has 0 saturated carbocycles. The Balaban J connectivity index is 1.89. The number of hydrazone groups is 1. The fraction of sp³-hybridized carbons (Fsp3) is 0.125. The highest BCUT2D eigenvalue weighted by molar-refractivity contribution is 9.10. The molecular weight excluding hydrogens is 348 g/mol. The van der Waals surface area contributed by atoms with Gasteiger partial charge in [0.15, 0.2) is 6.10 Å². The van der Waals surface area contributed by atoms with E-state index in [9.17, 15) is 9.90 Å². The molecule has 0 fully saturated rings. The Morgan fingerprint density at radius 1 is 1.27 bits per heavy atom. The second kappa shape index (κ2) is 7.61. The zero-order valence-corrected chi connectivity index (χ0v) is 13.4. The van der Waals surface area contributed by atoms with Gasteiger partial charge in [-0.25, -0.2) is 5.43 Å². The summed E-state index contributed by atoms with van der Waals surface area (Å²) in [5.74, 6) is 0.310. The van der Waals surface area contributed by atoms with Gasteiger partial charge in [0.25, 0.3) is 5.91 Å². The number of phenolic OH excluding ortho intramolecular Hbond substituents is 1. The molecule has 0 heterocycles. The number of nitrogens with zero attached hydrogens (tertiary/aromatic N) is 1. The number of phenols is 1. The van der Waals surface area contributed by atoms with Crippen molar-refractivity contribution in [3.8, 4) is 11.5 Å². The Morgan fingerprint density at radius 2 is 1.95 bits per heavy atom. The van der Waals surface area contributed by atoms with Crippen LogP contribution in [0.15, 0.2) is 58.1 Å². The molecule has 2 aromatic rings. The van der Waals surface area contributed by atoms with Crippen molar-refractivity contribution in [2.75, 3.05) is 0 Å². The minimum absolute atomic E-state index is 0.0969. The van der Waals surface area contributed by atoms with E-state index >= 15 is 0 Å². The molecule has 0 radical (unpaired) electrons. The number of aromatic hydroxyl groups is 1. The number of carbonyl (C=O) groups excluding carboxylic acids is 1. The number of hydrogen-bond acceptors (Lipinski definition) is 4. The summed E-state index contributed by atoms with van der Waals surface area (Å²) in [5.41, 5.74) is 2.89. The standard InChI is InChI=1S/C16H15BrN2O3/c1-11(22-14-8-6-13(17)7-9-14)16(21)19-18-10-12-4-2-3-5-15(12)20/h2-11,20H,1H3,(H,19,21)/b18-10+/t11-/m1/s1. The third-order valence-electron chi connectivity index (χ3n) is 2.81. The first-order chi connectivity index (χ1) is 10.6. The largest absolute Gasteiger partial charge is 0.507 e. The van der Waals surface area contributed by atoms with Crippen LogP contribution in [0.1, 0.15) is 12.5 Å². The predicted octanol–water partition coefficient (Wildman–Crippen LogP) is 3.07. The lowest BCUT2D eigenvalue weighted by atomic mass is 10.2. The Hall–Kier alpha value is -2.34. The van der Waals surface area contributed by atoms with Crippen LogP contribution in [0.5, 0.6) is 11.5 Å². The van der Waals surface area contributed by atoms with Gasteiger partial charge in [-0.15, -0.1) is 0 Å². The first-order valence-corrected chi connectivity index (χ1v) is 7.38. The molecule has 2 rings (SSSR count). The van der Waals surface area contributed by atoms with E-state index in [-0.39, 0.29) is 11.7 Å². The smallest absolute Gasteiger partial charge is 0.280 e. The van der Waals surface area contributed by atoms with Crippen LogP contribution in [-0.4, -0.2) is 23.3 Å². The zero-order chi connectivity index (χ0) is 15.9. The first kappa shape index (κ1) is 16.0. The molecule has 6 heteroatoms. The van der Waals surface area contributed by atoms with Crippen LogP contribution < -0.4 is 10.2 Å². The summed E-state index contributed by atoms with van der Waals surface area (Å²) in [6.45, 7) is 1.63. The number of rotatable bonds is 5. The second-order valence-electron chi connectivity index (χ2n) is 4.51. The van der Waals surface area contributed by atoms with Crippen molar-refractivity contribution in [3.63, 3.8) is 0 Å². The molecule has 0 aliphatic carbocycles. The Labute approximate surface area is 136 Å². The zero-order valence-electron chi connectivity index (χ0n) is 11.9. The van der Waals surface area contributed by atoms with Crippen molar-refractivity contribution in [2.45, 2.75) is 13.0 Å². The molecule has 0 aliphatic rings. The van der Waals surface area contributed by atoms with E-state index in [0.29, 0.717) is 11.3 Å². The summed E-state index contributed by atoms with van der Waals surface area (Å²) in [5, 5.41) is 13.4. The summed E-state index contributed by atoms with van der Waals surface area (Å²) in [7, 11) is 0. The molecule has 1 amide bonds. The third-order valence-corrected chi connectivity index (χ3v) is 3.34. The lowest BCUT2D eigenvalue weighted by Crippen LogP contribution is -2.33. The summed E-state index contributed by atoms with van der Waals surface area (Å²) in [4.78, 5) is 11.9. The quantitative estimate of drug-likeness (QED) is 0.634. The van der Waals surface area contributed by atoms with E-state index in [0.717, 1.165) is 4.47 Å². The van der Waals surface area contributed by atoms with E-state index in [1.165, 1.54) is 6.21 Å². The maximum absolute atomic E-state index is 11.9. The lowest BCUT2D eigenvalue weighted by molar-refractivity contribution is -0.127. The fourth-order valence-electron chi connectivity index (χ4n) is 1.62. The Kier molecular flexibility index (Phi) is 5.55. The van der Waals surface area contributed by atoms with Gasteiger partial charge in [-0.3, -0.25) is 4.79 Å². The van der Waals surface area contributed by atoms with Gasteiger partial charge in [0.05, 0.1) is 6.21 Å². The normalized spacial score (nSPS) is 12.1. The van der Waals surface area contributed by atoms with Crippen LogP contribution in [0.3, 0.4) is 0 Å². The van der Waals surface area contributed by atoms with Gasteiger partial charge in [-0.05, 0) is 43.3 Å². The fourth-order valence-corrected chi connectivity index (χ4v) is 1.89. The summed E-state index contributed by atoms with van der Waals surface area (Å²) in [6.07, 6.45) is 0.683. The van der Waals surface area contributed by atoms with Crippen LogP contribution in [0.4, 0.5) is 0 Å². The number of carbonyl (C=O) groups is 1. The van der Waals surface area contributed by atoms with Gasteiger partial charge < -0.3 is 9.84 Å². The van der Waals surface area contributed by atoms with Crippen molar-refractivity contribution in [1.29, 1.82) is 0 Å². The number of amides is 1. The van der Waals surface area contributed by atoms with E-state index in [2.05, 4.69) is 26.5 Å². The number of benzene rings is 2. The summed E-state index contributed by atoms with van der Waals surface area (Å²) < 4.78 is 6.44. The van der Waals surface area contributed by atoms with Crippen molar-refractivity contribution in [1.82, 2.24) is 5.43 Å². The van der Waals surface area contributed by atoms with E-state index in [4.69, 9.17) is 4.74 Å². The molecule has 22 heavy (non-hydrogen) atoms. The number of halogens is 1. The van der Waals surface area contributed by atoms with Gasteiger partial charge in [0.2, 0.25) is 0 Å². The van der Waals surface area contributed by atoms with Gasteiger partial charge >= 0.3 is 0 Å². The second-order valence-corrected chi connectivity index (χ2v) is 5.42. The minimum atomic E-state index is -0.692. The first-order valence-electron chi connectivity index (χ1n) is 6.59. The Bertz CT molecular complexity index is 671. The van der Waals surface area contributed by atoms with Crippen LogP contribution in [0, 0.1) is 0 Å². The monoisotopic (exact) mass is 362 g/mol. The van der Waals surface area contributed by atoms with E-state index < -0.39 is 6.10 Å². The van der Waals surface area contributed by atoms with Crippen molar-refractivity contribution < 1.29 is 14.6 Å². The minimum Gasteiger partial charge on any atom is -0.507 e. The van der Waals surface area contributed by atoms with Crippen LogP contribution in [-0.2, 0) is 4.79 Å². The number of nitrogens with one attached hydrogen (secondary N) is 1. The van der Waals surface area contributed by atoms with E-state index in [1.54, 1.807) is 43.3 Å². The lowest BCUT2D eigenvalue weighted by Gasteiger charge is -2.12. The molecule has 1 atom stereocenters. The molecule has 0 aromatic heterocycles. The molecule has 0 aliphatic heterocycles. The molecule has 2 N–H and O–H groups in total. The number of para-hydroxylation sites is 1. The molecule has 0 unspecified atom stereocenters. The van der Waals surface area contributed by atoms with Crippen LogP contribution in [0.25, 0.3) is 0 Å².